The molecule has 2 rings (SSSR count). The molecule has 0 saturated carbocycles. The lowest BCUT2D eigenvalue weighted by Gasteiger charge is -2.32. The van der Waals surface area contributed by atoms with Gasteiger partial charge in [0.1, 0.15) is 0 Å². The number of benzene rings is 1. The number of carboxylic acid groups (broad SMARTS) is 1. The van der Waals surface area contributed by atoms with Crippen LogP contribution in [0.25, 0.3) is 0 Å². The number of halogens is 1. The molecule has 1 aliphatic rings. The predicted octanol–water partition coefficient (Wildman–Crippen LogP) is 2.48. The van der Waals surface area contributed by atoms with Gasteiger partial charge in [-0.25, -0.2) is 4.79 Å². The van der Waals surface area contributed by atoms with E-state index in [1.807, 2.05) is 6.92 Å². The number of piperidine rings is 1. The van der Waals surface area contributed by atoms with Crippen molar-refractivity contribution >= 4 is 33.5 Å². The topological polar surface area (TPSA) is 78.4 Å². The van der Waals surface area contributed by atoms with Gasteiger partial charge in [0, 0.05) is 16.7 Å². The minimum atomic E-state index is -1.03. The predicted molar refractivity (Wildman–Crippen MR) is 79.9 cm³/mol. The molecule has 0 spiro atoms. The minimum Gasteiger partial charge on any atom is -0.478 e. The standard InChI is InChI=1S/C14H17BrN2O3/c1-14(5-2-6-16-8-14)13(20)17-9-3-4-11(15)10(7-9)12(18)19/h3-4,7,16H,2,5-6,8H2,1H3,(H,17,20)(H,18,19). The fraction of sp³-hybridized carbons (Fsp3) is 0.429. The lowest BCUT2D eigenvalue weighted by Crippen LogP contribution is -2.46. The Hall–Kier alpha value is -1.40. The largest absolute Gasteiger partial charge is 0.478 e. The van der Waals surface area contributed by atoms with Gasteiger partial charge in [-0.15, -0.1) is 0 Å². The molecule has 5 nitrogen and oxygen atoms in total. The van der Waals surface area contributed by atoms with E-state index in [9.17, 15) is 9.59 Å². The van der Waals surface area contributed by atoms with Gasteiger partial charge in [0.2, 0.25) is 5.91 Å². The summed E-state index contributed by atoms with van der Waals surface area (Å²) in [4.78, 5) is 23.4. The fourth-order valence-corrected chi connectivity index (χ4v) is 2.72. The van der Waals surface area contributed by atoms with Crippen LogP contribution in [0.15, 0.2) is 22.7 Å². The van der Waals surface area contributed by atoms with Crippen LogP contribution in [-0.2, 0) is 4.79 Å². The van der Waals surface area contributed by atoms with Crippen molar-refractivity contribution in [3.8, 4) is 0 Å². The van der Waals surface area contributed by atoms with Crippen LogP contribution < -0.4 is 10.6 Å². The first-order valence-electron chi connectivity index (χ1n) is 6.47. The van der Waals surface area contributed by atoms with Gasteiger partial charge in [0.25, 0.3) is 0 Å². The number of aromatic carboxylic acids is 1. The zero-order valence-electron chi connectivity index (χ0n) is 11.2. The molecule has 1 fully saturated rings. The van der Waals surface area contributed by atoms with E-state index in [-0.39, 0.29) is 11.5 Å². The third-order valence-electron chi connectivity index (χ3n) is 3.60. The molecular formula is C14H17BrN2O3. The van der Waals surface area contributed by atoms with E-state index in [4.69, 9.17) is 5.11 Å². The van der Waals surface area contributed by atoms with Crippen LogP contribution in [-0.4, -0.2) is 30.1 Å². The first-order chi connectivity index (χ1) is 9.42. The first-order valence-corrected chi connectivity index (χ1v) is 7.27. The Bertz CT molecular complexity index is 539. The summed E-state index contributed by atoms with van der Waals surface area (Å²) in [6, 6.07) is 4.78. The van der Waals surface area contributed by atoms with E-state index in [1.54, 1.807) is 12.1 Å². The van der Waals surface area contributed by atoms with E-state index >= 15 is 0 Å². The average Bonchev–Trinajstić information content (AvgIpc) is 2.41. The lowest BCUT2D eigenvalue weighted by atomic mass is 9.82. The van der Waals surface area contributed by atoms with Crippen molar-refractivity contribution in [1.29, 1.82) is 0 Å². The van der Waals surface area contributed by atoms with E-state index in [0.29, 0.717) is 16.7 Å². The number of amides is 1. The second-order valence-corrected chi connectivity index (χ2v) is 6.15. The van der Waals surface area contributed by atoms with Crippen molar-refractivity contribution in [2.24, 2.45) is 5.41 Å². The SMILES string of the molecule is CC1(C(=O)Nc2ccc(Br)c(C(=O)O)c2)CCCNC1. The van der Waals surface area contributed by atoms with Gasteiger partial charge in [-0.2, -0.15) is 0 Å². The van der Waals surface area contributed by atoms with Gasteiger partial charge in [-0.3, -0.25) is 4.79 Å². The van der Waals surface area contributed by atoms with Gasteiger partial charge in [0.15, 0.2) is 0 Å². The Morgan fingerprint density at radius 1 is 1.45 bits per heavy atom. The highest BCUT2D eigenvalue weighted by Gasteiger charge is 2.34. The van der Waals surface area contributed by atoms with E-state index in [2.05, 4.69) is 26.6 Å². The van der Waals surface area contributed by atoms with Crippen LogP contribution in [0.1, 0.15) is 30.1 Å². The maximum absolute atomic E-state index is 12.3. The molecule has 1 aromatic rings. The molecule has 0 aromatic heterocycles. The Morgan fingerprint density at radius 3 is 2.80 bits per heavy atom. The smallest absolute Gasteiger partial charge is 0.336 e. The summed E-state index contributed by atoms with van der Waals surface area (Å²) < 4.78 is 0.494. The summed E-state index contributed by atoms with van der Waals surface area (Å²) in [6.45, 7) is 3.50. The molecule has 1 aliphatic heterocycles. The Kier molecular flexibility index (Phi) is 4.45. The molecule has 1 atom stereocenters. The highest BCUT2D eigenvalue weighted by Crippen LogP contribution is 2.28. The maximum atomic E-state index is 12.3. The van der Waals surface area contributed by atoms with Crippen LogP contribution in [0.5, 0.6) is 0 Å². The maximum Gasteiger partial charge on any atom is 0.336 e. The quantitative estimate of drug-likeness (QED) is 0.789. The lowest BCUT2D eigenvalue weighted by molar-refractivity contribution is -0.125. The van der Waals surface area contributed by atoms with Crippen molar-refractivity contribution in [2.75, 3.05) is 18.4 Å². The Labute approximate surface area is 125 Å². The number of carbonyl (C=O) groups is 2. The molecule has 1 amide bonds. The van der Waals surface area contributed by atoms with Crippen LogP contribution in [0.4, 0.5) is 5.69 Å². The Balaban J connectivity index is 2.15. The van der Waals surface area contributed by atoms with Gasteiger partial charge in [-0.05, 0) is 60.4 Å². The van der Waals surface area contributed by atoms with Gasteiger partial charge >= 0.3 is 5.97 Å². The second kappa shape index (κ2) is 5.93. The number of rotatable bonds is 3. The minimum absolute atomic E-state index is 0.0802. The van der Waals surface area contributed by atoms with Crippen LogP contribution in [0.2, 0.25) is 0 Å². The Morgan fingerprint density at radius 2 is 2.20 bits per heavy atom. The van der Waals surface area contributed by atoms with Crippen LogP contribution in [0, 0.1) is 5.41 Å². The highest BCUT2D eigenvalue weighted by atomic mass is 79.9. The van der Waals surface area contributed by atoms with Gasteiger partial charge in [-0.1, -0.05) is 0 Å². The molecule has 1 saturated heterocycles. The number of carbonyl (C=O) groups excluding carboxylic acids is 1. The second-order valence-electron chi connectivity index (χ2n) is 5.29. The summed E-state index contributed by atoms with van der Waals surface area (Å²) >= 11 is 3.18. The molecule has 1 aromatic carbocycles. The number of carboxylic acids is 1. The summed E-state index contributed by atoms with van der Waals surface area (Å²) in [6.07, 6.45) is 1.79. The average molecular weight is 341 g/mol. The van der Waals surface area contributed by atoms with E-state index in [1.165, 1.54) is 6.07 Å². The summed E-state index contributed by atoms with van der Waals surface area (Å²) in [5.74, 6) is -1.11. The third-order valence-corrected chi connectivity index (χ3v) is 4.29. The van der Waals surface area contributed by atoms with Crippen molar-refractivity contribution < 1.29 is 14.7 Å². The molecule has 0 bridgehead atoms. The number of anilines is 1. The normalized spacial score (nSPS) is 22.3. The molecular weight excluding hydrogens is 324 g/mol. The molecule has 6 heteroatoms. The van der Waals surface area contributed by atoms with Gasteiger partial charge < -0.3 is 15.7 Å². The molecule has 0 radical (unpaired) electrons. The van der Waals surface area contributed by atoms with Crippen molar-refractivity contribution in [3.63, 3.8) is 0 Å². The number of hydrogen-bond acceptors (Lipinski definition) is 3. The molecule has 3 N–H and O–H groups in total. The van der Waals surface area contributed by atoms with Crippen LogP contribution >= 0.6 is 15.9 Å². The summed E-state index contributed by atoms with van der Waals surface area (Å²) in [7, 11) is 0. The zero-order valence-corrected chi connectivity index (χ0v) is 12.8. The first kappa shape index (κ1) is 15.0. The zero-order chi connectivity index (χ0) is 14.8. The number of hydrogen-bond donors (Lipinski definition) is 3. The highest BCUT2D eigenvalue weighted by molar-refractivity contribution is 9.10. The molecule has 20 heavy (non-hydrogen) atoms. The monoisotopic (exact) mass is 340 g/mol. The third kappa shape index (κ3) is 3.19. The number of nitrogens with one attached hydrogen (secondary N) is 2. The molecule has 0 aliphatic carbocycles. The molecule has 1 unspecified atom stereocenters. The van der Waals surface area contributed by atoms with Gasteiger partial charge in [0.05, 0.1) is 11.0 Å². The van der Waals surface area contributed by atoms with Crippen molar-refractivity contribution in [3.05, 3.63) is 28.2 Å². The van der Waals surface area contributed by atoms with E-state index < -0.39 is 11.4 Å². The summed E-state index contributed by atoms with van der Waals surface area (Å²) in [5.41, 5.74) is 0.187. The van der Waals surface area contributed by atoms with Crippen LogP contribution in [0.3, 0.4) is 0 Å². The fourth-order valence-electron chi connectivity index (χ4n) is 2.30. The molecule has 1 heterocycles. The molecule has 108 valence electrons. The van der Waals surface area contributed by atoms with E-state index in [0.717, 1.165) is 19.4 Å². The van der Waals surface area contributed by atoms with Crippen molar-refractivity contribution in [1.82, 2.24) is 5.32 Å². The van der Waals surface area contributed by atoms with Crippen molar-refractivity contribution in [2.45, 2.75) is 19.8 Å². The summed E-state index contributed by atoms with van der Waals surface area (Å²) in [5, 5.41) is 15.1.